The van der Waals surface area contributed by atoms with Crippen LogP contribution in [-0.2, 0) is 17.7 Å². The Hall–Kier alpha value is -2.55. The van der Waals surface area contributed by atoms with Crippen molar-refractivity contribution in [2.45, 2.75) is 56.9 Å². The van der Waals surface area contributed by atoms with E-state index in [-0.39, 0.29) is 12.5 Å². The molecule has 4 rings (SSSR count). The first-order chi connectivity index (χ1) is 15.6. The lowest BCUT2D eigenvalue weighted by atomic mass is 9.93. The lowest BCUT2D eigenvalue weighted by Gasteiger charge is -2.30. The van der Waals surface area contributed by atoms with Gasteiger partial charge >= 0.3 is 0 Å². The molecule has 1 atom stereocenters. The van der Waals surface area contributed by atoms with Crippen molar-refractivity contribution in [2.24, 2.45) is 0 Å². The number of methoxy groups -OCH3 is 1. The number of carbonyl (C=O) groups excluding carboxylic acids is 1. The number of amides is 1. The van der Waals surface area contributed by atoms with E-state index in [0.717, 1.165) is 45.2 Å². The highest BCUT2D eigenvalue weighted by molar-refractivity contribution is 5.92. The van der Waals surface area contributed by atoms with Crippen LogP contribution in [0.4, 0.5) is 5.82 Å². The summed E-state index contributed by atoms with van der Waals surface area (Å²) in [6.45, 7) is 2.45. The minimum atomic E-state index is -0.639. The number of benzene rings is 1. The van der Waals surface area contributed by atoms with Crippen LogP contribution in [0.5, 0.6) is 0 Å². The fourth-order valence-electron chi connectivity index (χ4n) is 4.59. The van der Waals surface area contributed by atoms with Gasteiger partial charge in [-0.3, -0.25) is 9.69 Å². The van der Waals surface area contributed by atoms with Crippen molar-refractivity contribution in [1.82, 2.24) is 20.2 Å². The van der Waals surface area contributed by atoms with E-state index >= 15 is 0 Å². The molecule has 2 aromatic rings. The largest absolute Gasteiger partial charge is 0.390 e. The normalized spacial score (nSPS) is 22.1. The van der Waals surface area contributed by atoms with Gasteiger partial charge in [-0.2, -0.15) is 0 Å². The topological polar surface area (TPSA) is 99.6 Å². The molecular formula is C24H33N5O3. The molecular weight excluding hydrogens is 406 g/mol. The first-order valence-corrected chi connectivity index (χ1v) is 11.5. The lowest BCUT2D eigenvalue weighted by Crippen LogP contribution is -2.42. The molecule has 1 aromatic heterocycles. The quantitative estimate of drug-likeness (QED) is 0.578. The zero-order valence-corrected chi connectivity index (χ0v) is 18.7. The number of hydrogen-bond acceptors (Lipinski definition) is 7. The zero-order chi connectivity index (χ0) is 22.3. The van der Waals surface area contributed by atoms with Gasteiger partial charge in [0.25, 0.3) is 5.91 Å². The maximum atomic E-state index is 12.6. The number of aliphatic hydroxyl groups is 1. The summed E-state index contributed by atoms with van der Waals surface area (Å²) in [7, 11) is 1.76. The SMILES string of the molecule is CO[C@H]1CC[C@@H](Nc2cc(C(=O)NC[C@H](O)CN3CCc4ccccc4C3)ncn2)CC1. The van der Waals surface area contributed by atoms with Crippen LogP contribution in [0.15, 0.2) is 36.7 Å². The molecule has 32 heavy (non-hydrogen) atoms. The fourth-order valence-corrected chi connectivity index (χ4v) is 4.59. The molecule has 1 amide bonds. The molecule has 1 aliphatic carbocycles. The van der Waals surface area contributed by atoms with Crippen molar-refractivity contribution in [3.8, 4) is 0 Å². The Morgan fingerprint density at radius 3 is 2.78 bits per heavy atom. The smallest absolute Gasteiger partial charge is 0.270 e. The number of β-amino-alcohol motifs (C(OH)–C–C–N with tert-alkyl or cyclic N) is 1. The maximum Gasteiger partial charge on any atom is 0.270 e. The summed E-state index contributed by atoms with van der Waals surface area (Å²) in [5.41, 5.74) is 2.99. The lowest BCUT2D eigenvalue weighted by molar-refractivity contribution is 0.0681. The third kappa shape index (κ3) is 6.03. The third-order valence-corrected chi connectivity index (χ3v) is 6.44. The van der Waals surface area contributed by atoms with Crippen molar-refractivity contribution in [3.63, 3.8) is 0 Å². The van der Waals surface area contributed by atoms with Crippen molar-refractivity contribution in [1.29, 1.82) is 0 Å². The van der Waals surface area contributed by atoms with Gasteiger partial charge in [0.1, 0.15) is 17.8 Å². The standard InChI is InChI=1S/C24H33N5O3/c1-32-21-8-6-19(7-9-21)28-23-12-22(26-16-27-23)24(31)25-13-20(30)15-29-11-10-17-4-2-3-5-18(17)14-29/h2-5,12,16,19-21,30H,6-11,13-15H2,1H3,(H,25,31)(H,26,27,28)/t19-,20-,21+/m0/s1. The number of ether oxygens (including phenoxy) is 1. The average Bonchev–Trinajstić information content (AvgIpc) is 2.83. The second-order valence-electron chi connectivity index (χ2n) is 8.76. The van der Waals surface area contributed by atoms with Gasteiger partial charge in [0, 0.05) is 45.4 Å². The molecule has 2 aliphatic rings. The summed E-state index contributed by atoms with van der Waals surface area (Å²) in [4.78, 5) is 23.1. The molecule has 0 bridgehead atoms. The van der Waals surface area contributed by atoms with Crippen LogP contribution in [0.3, 0.4) is 0 Å². The molecule has 0 radical (unpaired) electrons. The Balaban J connectivity index is 1.23. The van der Waals surface area contributed by atoms with E-state index in [0.29, 0.717) is 30.2 Å². The van der Waals surface area contributed by atoms with Crippen LogP contribution in [0.25, 0.3) is 0 Å². The number of fused-ring (bicyclic) bond motifs is 1. The second-order valence-corrected chi connectivity index (χ2v) is 8.76. The highest BCUT2D eigenvalue weighted by atomic mass is 16.5. The molecule has 8 nitrogen and oxygen atoms in total. The minimum Gasteiger partial charge on any atom is -0.390 e. The Morgan fingerprint density at radius 1 is 1.22 bits per heavy atom. The van der Waals surface area contributed by atoms with Crippen molar-refractivity contribution < 1.29 is 14.6 Å². The molecule has 0 unspecified atom stereocenters. The third-order valence-electron chi connectivity index (χ3n) is 6.44. The molecule has 0 spiro atoms. The van der Waals surface area contributed by atoms with Gasteiger partial charge < -0.3 is 20.5 Å². The second kappa shape index (κ2) is 10.8. The van der Waals surface area contributed by atoms with E-state index in [1.54, 1.807) is 13.2 Å². The number of hydrogen-bond donors (Lipinski definition) is 3. The Kier molecular flexibility index (Phi) is 7.68. The van der Waals surface area contributed by atoms with Crippen LogP contribution < -0.4 is 10.6 Å². The van der Waals surface area contributed by atoms with Crippen molar-refractivity contribution >= 4 is 11.7 Å². The van der Waals surface area contributed by atoms with Crippen LogP contribution >= 0.6 is 0 Å². The van der Waals surface area contributed by atoms with Crippen molar-refractivity contribution in [2.75, 3.05) is 32.1 Å². The molecule has 172 valence electrons. The number of carbonyl (C=O) groups is 1. The molecule has 0 saturated heterocycles. The van der Waals surface area contributed by atoms with Crippen molar-refractivity contribution in [3.05, 3.63) is 53.5 Å². The van der Waals surface area contributed by atoms with Gasteiger partial charge in [0.15, 0.2) is 0 Å². The van der Waals surface area contributed by atoms with E-state index in [4.69, 9.17) is 4.74 Å². The van der Waals surface area contributed by atoms with Crippen LogP contribution in [0.2, 0.25) is 0 Å². The van der Waals surface area contributed by atoms with Gasteiger partial charge in [0.2, 0.25) is 0 Å². The molecule has 1 saturated carbocycles. The highest BCUT2D eigenvalue weighted by Gasteiger charge is 2.22. The summed E-state index contributed by atoms with van der Waals surface area (Å²) in [6, 6.07) is 10.4. The molecule has 8 heteroatoms. The minimum absolute atomic E-state index is 0.185. The Bertz CT molecular complexity index is 901. The van der Waals surface area contributed by atoms with Gasteiger partial charge in [-0.25, -0.2) is 9.97 Å². The maximum absolute atomic E-state index is 12.6. The Morgan fingerprint density at radius 2 is 2.00 bits per heavy atom. The number of aliphatic hydroxyl groups excluding tert-OH is 1. The predicted molar refractivity (Wildman–Crippen MR) is 122 cm³/mol. The predicted octanol–water partition coefficient (Wildman–Crippen LogP) is 2.00. The fraction of sp³-hybridized carbons (Fsp3) is 0.542. The van der Waals surface area contributed by atoms with E-state index in [1.165, 1.54) is 17.5 Å². The van der Waals surface area contributed by atoms with E-state index in [1.807, 2.05) is 0 Å². The molecule has 1 aromatic carbocycles. The molecule has 3 N–H and O–H groups in total. The number of rotatable bonds is 8. The first-order valence-electron chi connectivity index (χ1n) is 11.5. The zero-order valence-electron chi connectivity index (χ0n) is 18.7. The van der Waals surface area contributed by atoms with Gasteiger partial charge in [0.05, 0.1) is 12.2 Å². The van der Waals surface area contributed by atoms with E-state index in [2.05, 4.69) is 49.8 Å². The monoisotopic (exact) mass is 439 g/mol. The average molecular weight is 440 g/mol. The Labute approximate surface area is 189 Å². The first kappa shape index (κ1) is 22.6. The summed E-state index contributed by atoms with van der Waals surface area (Å²) < 4.78 is 5.42. The number of aromatic nitrogens is 2. The molecule has 1 aliphatic heterocycles. The molecule has 2 heterocycles. The summed E-state index contributed by atoms with van der Waals surface area (Å²) in [5, 5.41) is 16.7. The summed E-state index contributed by atoms with van der Waals surface area (Å²) in [6.07, 6.45) is 6.15. The number of nitrogens with zero attached hydrogens (tertiary/aromatic N) is 3. The van der Waals surface area contributed by atoms with Gasteiger partial charge in [-0.1, -0.05) is 24.3 Å². The van der Waals surface area contributed by atoms with Crippen LogP contribution in [0.1, 0.15) is 47.3 Å². The van der Waals surface area contributed by atoms with Crippen LogP contribution in [0, 0.1) is 0 Å². The summed E-state index contributed by atoms with van der Waals surface area (Å²) >= 11 is 0. The van der Waals surface area contributed by atoms with E-state index < -0.39 is 6.10 Å². The van der Waals surface area contributed by atoms with E-state index in [9.17, 15) is 9.90 Å². The highest BCUT2D eigenvalue weighted by Crippen LogP contribution is 2.23. The summed E-state index contributed by atoms with van der Waals surface area (Å²) in [5.74, 6) is 0.347. The molecule has 1 fully saturated rings. The van der Waals surface area contributed by atoms with Gasteiger partial charge in [-0.05, 0) is 43.2 Å². The number of anilines is 1. The van der Waals surface area contributed by atoms with Gasteiger partial charge in [-0.15, -0.1) is 0 Å². The van der Waals surface area contributed by atoms with Crippen LogP contribution in [-0.4, -0.2) is 70.9 Å². The number of nitrogens with one attached hydrogen (secondary N) is 2.